The number of cyclic esters (lactones) is 2. The number of hydrogen-bond donors (Lipinski definition) is 0. The van der Waals surface area contributed by atoms with E-state index in [9.17, 15) is 9.59 Å². The van der Waals surface area contributed by atoms with Gasteiger partial charge in [0.15, 0.2) is 0 Å². The number of fused-ring (bicyclic) bond motifs is 5. The van der Waals surface area contributed by atoms with Gasteiger partial charge in [-0.1, -0.05) is 13.8 Å². The van der Waals surface area contributed by atoms with Gasteiger partial charge in [0.25, 0.3) is 0 Å². The molecule has 0 radical (unpaired) electrons. The van der Waals surface area contributed by atoms with Crippen LogP contribution in [0.1, 0.15) is 13.8 Å². The molecule has 0 saturated carbocycles. The first-order chi connectivity index (χ1) is 6.61. The van der Waals surface area contributed by atoms with E-state index in [1.807, 2.05) is 0 Å². The summed E-state index contributed by atoms with van der Waals surface area (Å²) in [6.45, 7) is 4.14. The molecule has 3 aliphatic rings. The summed E-state index contributed by atoms with van der Waals surface area (Å²) in [5.41, 5.74) is 0. The van der Waals surface area contributed by atoms with Crippen LogP contribution in [-0.4, -0.2) is 24.1 Å². The van der Waals surface area contributed by atoms with Crippen LogP contribution in [0.4, 0.5) is 0 Å². The van der Waals surface area contributed by atoms with Gasteiger partial charge in [-0.2, -0.15) is 0 Å². The molecule has 3 saturated heterocycles. The Balaban J connectivity index is 2.01. The van der Waals surface area contributed by atoms with Crippen LogP contribution in [-0.2, 0) is 19.1 Å². The van der Waals surface area contributed by atoms with Crippen LogP contribution < -0.4 is 0 Å². The van der Waals surface area contributed by atoms with Crippen molar-refractivity contribution >= 4 is 11.9 Å². The molecule has 3 rings (SSSR count). The maximum Gasteiger partial charge on any atom is 0.320 e. The number of carbonyl (C=O) groups is 2. The zero-order chi connectivity index (χ0) is 10.0. The van der Waals surface area contributed by atoms with Crippen molar-refractivity contribution in [3.05, 3.63) is 0 Å². The monoisotopic (exact) mass is 196 g/mol. The second-order valence-corrected chi connectivity index (χ2v) is 4.58. The summed E-state index contributed by atoms with van der Waals surface area (Å²) in [7, 11) is 0. The molecule has 3 heterocycles. The number of rotatable bonds is 0. The number of ether oxygens (including phenoxy) is 2. The van der Waals surface area contributed by atoms with E-state index < -0.39 is 0 Å². The highest BCUT2D eigenvalue weighted by molar-refractivity contribution is 5.98. The van der Waals surface area contributed by atoms with Crippen molar-refractivity contribution in [2.75, 3.05) is 0 Å². The molecule has 0 N–H and O–H groups in total. The first kappa shape index (κ1) is 8.41. The normalized spacial score (nSPS) is 55.0. The van der Waals surface area contributed by atoms with Crippen LogP contribution in [0, 0.1) is 23.7 Å². The van der Waals surface area contributed by atoms with E-state index >= 15 is 0 Å². The summed E-state index contributed by atoms with van der Waals surface area (Å²) in [5.74, 6) is -0.714. The van der Waals surface area contributed by atoms with E-state index in [1.165, 1.54) is 0 Å². The van der Waals surface area contributed by atoms with Crippen LogP contribution in [0.15, 0.2) is 0 Å². The van der Waals surface area contributed by atoms with Gasteiger partial charge in [-0.25, -0.2) is 0 Å². The average Bonchev–Trinajstić information content (AvgIpc) is 2.71. The predicted molar refractivity (Wildman–Crippen MR) is 45.1 cm³/mol. The molecule has 76 valence electrons. The number of esters is 2. The minimum atomic E-state index is -0.383. The topological polar surface area (TPSA) is 52.6 Å². The Hall–Kier alpha value is -0.900. The third kappa shape index (κ3) is 0.741. The van der Waals surface area contributed by atoms with Crippen molar-refractivity contribution in [2.24, 2.45) is 23.7 Å². The van der Waals surface area contributed by atoms with E-state index in [2.05, 4.69) is 18.6 Å². The third-order valence-corrected chi connectivity index (χ3v) is 4.02. The molecule has 0 spiro atoms. The molecule has 0 aromatic carbocycles. The standard InChI is InChI=1S/C10H12O4/c1-3-4(2)8-6-5(7(3)13-8)9(11)14-10(6)12/h3-8H,1-2H3. The Morgan fingerprint density at radius 2 is 1.36 bits per heavy atom. The fourth-order valence-corrected chi connectivity index (χ4v) is 3.06. The van der Waals surface area contributed by atoms with Crippen LogP contribution >= 0.6 is 0 Å². The molecule has 0 aliphatic carbocycles. The fourth-order valence-electron chi connectivity index (χ4n) is 3.06. The first-order valence-electron chi connectivity index (χ1n) is 5.02. The van der Waals surface area contributed by atoms with Crippen molar-refractivity contribution in [3.63, 3.8) is 0 Å². The maximum absolute atomic E-state index is 11.4. The summed E-state index contributed by atoms with van der Waals surface area (Å²) in [6.07, 6.45) is -0.196. The highest BCUT2D eigenvalue weighted by atomic mass is 16.6. The highest BCUT2D eigenvalue weighted by Gasteiger charge is 2.66. The molecule has 3 fully saturated rings. The van der Waals surface area contributed by atoms with Crippen molar-refractivity contribution in [2.45, 2.75) is 26.1 Å². The molecule has 4 nitrogen and oxygen atoms in total. The van der Waals surface area contributed by atoms with Gasteiger partial charge >= 0.3 is 11.9 Å². The lowest BCUT2D eigenvalue weighted by Gasteiger charge is -2.26. The van der Waals surface area contributed by atoms with Gasteiger partial charge in [-0.15, -0.1) is 0 Å². The van der Waals surface area contributed by atoms with Crippen molar-refractivity contribution in [3.8, 4) is 0 Å². The minimum Gasteiger partial charge on any atom is -0.393 e. The predicted octanol–water partition coefficient (Wildman–Crippen LogP) is 0.355. The fraction of sp³-hybridized carbons (Fsp3) is 0.800. The molecule has 0 amide bonds. The quantitative estimate of drug-likeness (QED) is 0.414. The number of carbonyl (C=O) groups excluding carboxylic acids is 2. The molecule has 0 aromatic heterocycles. The lowest BCUT2D eigenvalue weighted by molar-refractivity contribution is -0.156. The van der Waals surface area contributed by atoms with E-state index in [1.54, 1.807) is 0 Å². The second kappa shape index (κ2) is 2.37. The van der Waals surface area contributed by atoms with Crippen LogP contribution in [0.5, 0.6) is 0 Å². The Bertz CT molecular complexity index is 294. The molecule has 14 heavy (non-hydrogen) atoms. The van der Waals surface area contributed by atoms with Gasteiger partial charge in [-0.05, 0) is 11.8 Å². The second-order valence-electron chi connectivity index (χ2n) is 4.58. The Labute approximate surface area is 81.6 Å². The first-order valence-corrected chi connectivity index (χ1v) is 5.02. The van der Waals surface area contributed by atoms with Gasteiger partial charge in [0.1, 0.15) is 0 Å². The lowest BCUT2D eigenvalue weighted by Crippen LogP contribution is -2.38. The lowest BCUT2D eigenvalue weighted by atomic mass is 9.70. The zero-order valence-corrected chi connectivity index (χ0v) is 8.10. The summed E-state index contributed by atoms with van der Waals surface area (Å²) in [5, 5.41) is 0. The van der Waals surface area contributed by atoms with E-state index in [4.69, 9.17) is 4.74 Å². The van der Waals surface area contributed by atoms with Crippen molar-refractivity contribution < 1.29 is 19.1 Å². The Morgan fingerprint density at radius 3 is 1.79 bits per heavy atom. The molecule has 4 heteroatoms. The minimum absolute atomic E-state index is 0.0982. The van der Waals surface area contributed by atoms with Gasteiger partial charge in [0.05, 0.1) is 24.0 Å². The molecule has 3 aliphatic heterocycles. The summed E-state index contributed by atoms with van der Waals surface area (Å²) >= 11 is 0. The van der Waals surface area contributed by atoms with Gasteiger partial charge in [0.2, 0.25) is 0 Å². The maximum atomic E-state index is 11.4. The summed E-state index contributed by atoms with van der Waals surface area (Å²) in [6, 6.07) is 0. The van der Waals surface area contributed by atoms with Crippen LogP contribution in [0.2, 0.25) is 0 Å². The third-order valence-electron chi connectivity index (χ3n) is 4.02. The molecular weight excluding hydrogens is 184 g/mol. The van der Waals surface area contributed by atoms with Gasteiger partial charge < -0.3 is 9.47 Å². The van der Waals surface area contributed by atoms with E-state index in [-0.39, 0.29) is 36.0 Å². The average molecular weight is 196 g/mol. The van der Waals surface area contributed by atoms with E-state index in [0.717, 1.165) is 0 Å². The molecule has 2 bridgehead atoms. The SMILES string of the molecule is CC1C(C)C2OC1C1C(=O)OC(=O)C21. The molecular formula is C10H12O4. The largest absolute Gasteiger partial charge is 0.393 e. The van der Waals surface area contributed by atoms with Crippen molar-refractivity contribution in [1.29, 1.82) is 0 Å². The smallest absolute Gasteiger partial charge is 0.320 e. The summed E-state index contributed by atoms with van der Waals surface area (Å²) in [4.78, 5) is 22.8. The van der Waals surface area contributed by atoms with Crippen LogP contribution in [0.25, 0.3) is 0 Å². The zero-order valence-electron chi connectivity index (χ0n) is 8.10. The number of hydrogen-bond acceptors (Lipinski definition) is 4. The Kier molecular flexibility index (Phi) is 1.42. The van der Waals surface area contributed by atoms with E-state index in [0.29, 0.717) is 11.8 Å². The molecule has 6 unspecified atom stereocenters. The van der Waals surface area contributed by atoms with Crippen LogP contribution in [0.3, 0.4) is 0 Å². The Morgan fingerprint density at radius 1 is 0.929 bits per heavy atom. The van der Waals surface area contributed by atoms with Gasteiger partial charge in [0, 0.05) is 0 Å². The summed E-state index contributed by atoms with van der Waals surface area (Å²) < 4.78 is 10.3. The molecule has 6 atom stereocenters. The molecule has 0 aromatic rings. The highest BCUT2D eigenvalue weighted by Crippen LogP contribution is 2.52. The van der Waals surface area contributed by atoms with Gasteiger partial charge in [-0.3, -0.25) is 9.59 Å². The van der Waals surface area contributed by atoms with Crippen molar-refractivity contribution in [1.82, 2.24) is 0 Å².